The van der Waals surface area contributed by atoms with Gasteiger partial charge in [0.1, 0.15) is 5.75 Å². The van der Waals surface area contributed by atoms with Gasteiger partial charge in [0.25, 0.3) is 0 Å². The van der Waals surface area contributed by atoms with Crippen molar-refractivity contribution in [1.29, 1.82) is 0 Å². The zero-order valence-electron chi connectivity index (χ0n) is 18.9. The summed E-state index contributed by atoms with van der Waals surface area (Å²) in [5.41, 5.74) is 5.15. The summed E-state index contributed by atoms with van der Waals surface area (Å²) in [5.74, 6) is 1.74. The number of aromatic carboxylic acids is 1. The van der Waals surface area contributed by atoms with Crippen LogP contribution in [0.1, 0.15) is 65.2 Å². The number of carbonyl (C=O) groups is 1. The van der Waals surface area contributed by atoms with Crippen molar-refractivity contribution >= 4 is 16.9 Å². The molecule has 2 fully saturated rings. The van der Waals surface area contributed by atoms with Crippen LogP contribution in [0, 0.1) is 18.8 Å². The lowest BCUT2D eigenvalue weighted by molar-refractivity contribution is 0.0696. The summed E-state index contributed by atoms with van der Waals surface area (Å²) in [7, 11) is 1.75. The predicted octanol–water partition coefficient (Wildman–Crippen LogP) is 5.94. The Bertz CT molecular complexity index is 1110. The van der Waals surface area contributed by atoms with E-state index in [-0.39, 0.29) is 6.04 Å². The number of hydrogen-bond donors (Lipinski definition) is 2. The Kier molecular flexibility index (Phi) is 5.68. The second kappa shape index (κ2) is 8.62. The van der Waals surface area contributed by atoms with Gasteiger partial charge in [0.2, 0.25) is 0 Å². The number of carboxylic acids is 1. The molecule has 1 saturated heterocycles. The van der Waals surface area contributed by atoms with Crippen molar-refractivity contribution in [1.82, 2.24) is 9.88 Å². The second-order valence-corrected chi connectivity index (χ2v) is 9.62. The van der Waals surface area contributed by atoms with Crippen LogP contribution in [0.4, 0.5) is 0 Å². The lowest BCUT2D eigenvalue weighted by Crippen LogP contribution is -2.36. The molecular weight excluding hydrogens is 400 g/mol. The standard InChI is InChI=1S/C27H32N2O3/c1-17-13-25(32-2)23(22-9-11-28-26(17)22)16-29-12-10-19(14-18-3-4-18)15-24(29)20-5-7-21(8-6-20)27(30)31/h5-9,11,13,18-19,24,28H,3-4,10,12,14-16H2,1-2H3,(H,30,31). The SMILES string of the molecule is COc1cc(C)c2[nH]ccc2c1CN1CCC(CC2CC2)CC1c1ccc(C(=O)O)cc1. The first-order valence-corrected chi connectivity index (χ1v) is 11.7. The molecule has 5 heteroatoms. The molecule has 0 spiro atoms. The van der Waals surface area contributed by atoms with Gasteiger partial charge < -0.3 is 14.8 Å². The molecule has 5 nitrogen and oxygen atoms in total. The minimum atomic E-state index is -0.872. The molecule has 2 N–H and O–H groups in total. The van der Waals surface area contributed by atoms with Crippen molar-refractivity contribution in [2.24, 2.45) is 11.8 Å². The van der Waals surface area contributed by atoms with E-state index in [0.29, 0.717) is 5.56 Å². The highest BCUT2D eigenvalue weighted by Crippen LogP contribution is 2.44. The Labute approximate surface area is 189 Å². The van der Waals surface area contributed by atoms with E-state index in [0.717, 1.165) is 37.1 Å². The van der Waals surface area contributed by atoms with Gasteiger partial charge >= 0.3 is 5.97 Å². The van der Waals surface area contributed by atoms with Crippen LogP contribution < -0.4 is 4.74 Å². The third kappa shape index (κ3) is 4.14. The lowest BCUT2D eigenvalue weighted by Gasteiger charge is -2.40. The number of rotatable bonds is 7. The van der Waals surface area contributed by atoms with Gasteiger partial charge in [-0.05, 0) is 80.0 Å². The Morgan fingerprint density at radius 1 is 1.16 bits per heavy atom. The molecule has 1 saturated carbocycles. The number of likely N-dealkylation sites (tertiary alicyclic amines) is 1. The molecule has 3 aromatic rings. The van der Waals surface area contributed by atoms with Crippen LogP contribution in [-0.2, 0) is 6.54 Å². The maximum atomic E-state index is 11.3. The number of ether oxygens (including phenoxy) is 1. The maximum Gasteiger partial charge on any atom is 0.335 e. The highest BCUT2D eigenvalue weighted by Gasteiger charge is 2.34. The van der Waals surface area contributed by atoms with Crippen molar-refractivity contribution in [2.75, 3.05) is 13.7 Å². The fraction of sp³-hybridized carbons (Fsp3) is 0.444. The molecule has 0 radical (unpaired) electrons. The van der Waals surface area contributed by atoms with Crippen molar-refractivity contribution < 1.29 is 14.6 Å². The highest BCUT2D eigenvalue weighted by molar-refractivity contribution is 5.88. The predicted molar refractivity (Wildman–Crippen MR) is 126 cm³/mol. The van der Waals surface area contributed by atoms with Crippen LogP contribution in [0.2, 0.25) is 0 Å². The van der Waals surface area contributed by atoms with Crippen LogP contribution in [-0.4, -0.2) is 34.6 Å². The number of piperidine rings is 1. The molecule has 1 aliphatic carbocycles. The number of aryl methyl sites for hydroxylation is 1. The van der Waals surface area contributed by atoms with E-state index in [4.69, 9.17) is 4.74 Å². The smallest absolute Gasteiger partial charge is 0.335 e. The number of aromatic amines is 1. The first-order valence-electron chi connectivity index (χ1n) is 11.7. The van der Waals surface area contributed by atoms with Gasteiger partial charge in [-0.25, -0.2) is 4.79 Å². The summed E-state index contributed by atoms with van der Waals surface area (Å²) in [4.78, 5) is 17.3. The minimum absolute atomic E-state index is 0.287. The quantitative estimate of drug-likeness (QED) is 0.485. The van der Waals surface area contributed by atoms with Gasteiger partial charge in [0.15, 0.2) is 0 Å². The van der Waals surface area contributed by atoms with E-state index in [2.05, 4.69) is 28.9 Å². The summed E-state index contributed by atoms with van der Waals surface area (Å²) in [5, 5.41) is 10.5. The number of methoxy groups -OCH3 is 1. The van der Waals surface area contributed by atoms with Crippen LogP contribution >= 0.6 is 0 Å². The highest BCUT2D eigenvalue weighted by atomic mass is 16.5. The largest absolute Gasteiger partial charge is 0.496 e. The van der Waals surface area contributed by atoms with E-state index in [1.54, 1.807) is 19.2 Å². The molecule has 2 heterocycles. The molecule has 0 bridgehead atoms. The summed E-state index contributed by atoms with van der Waals surface area (Å²) in [6.07, 6.45) is 8.49. The number of nitrogens with zero attached hydrogens (tertiary/aromatic N) is 1. The number of benzene rings is 2. The van der Waals surface area contributed by atoms with Crippen LogP contribution in [0.5, 0.6) is 5.75 Å². The zero-order valence-corrected chi connectivity index (χ0v) is 18.9. The monoisotopic (exact) mass is 432 g/mol. The Morgan fingerprint density at radius 3 is 2.62 bits per heavy atom. The molecule has 32 heavy (non-hydrogen) atoms. The molecule has 5 rings (SSSR count). The lowest BCUT2D eigenvalue weighted by atomic mass is 9.83. The van der Waals surface area contributed by atoms with Crippen molar-refractivity contribution in [2.45, 2.75) is 51.6 Å². The molecule has 0 amide bonds. The first kappa shape index (κ1) is 21.1. The van der Waals surface area contributed by atoms with E-state index >= 15 is 0 Å². The molecule has 2 atom stereocenters. The molecule has 1 aliphatic heterocycles. The summed E-state index contributed by atoms with van der Waals surface area (Å²) < 4.78 is 5.80. The van der Waals surface area contributed by atoms with Crippen molar-refractivity contribution in [3.05, 3.63) is 64.8 Å². The number of hydrogen-bond acceptors (Lipinski definition) is 3. The molecule has 2 aliphatic rings. The van der Waals surface area contributed by atoms with Crippen molar-refractivity contribution in [3.8, 4) is 5.75 Å². The normalized spacial score (nSPS) is 21.7. The Morgan fingerprint density at radius 2 is 1.94 bits per heavy atom. The Balaban J connectivity index is 1.47. The molecular formula is C27H32N2O3. The van der Waals surface area contributed by atoms with E-state index in [1.165, 1.54) is 53.3 Å². The third-order valence-corrected chi connectivity index (χ3v) is 7.42. The fourth-order valence-electron chi connectivity index (χ4n) is 5.49. The average molecular weight is 433 g/mol. The van der Waals surface area contributed by atoms with Crippen LogP contribution in [0.3, 0.4) is 0 Å². The Hall–Kier alpha value is -2.79. The number of aromatic nitrogens is 1. The van der Waals surface area contributed by atoms with Crippen LogP contribution in [0.15, 0.2) is 42.6 Å². The molecule has 2 unspecified atom stereocenters. The number of carboxylic acid groups (broad SMARTS) is 1. The number of fused-ring (bicyclic) bond motifs is 1. The summed E-state index contributed by atoms with van der Waals surface area (Å²) in [6, 6.07) is 12.1. The van der Waals surface area contributed by atoms with E-state index in [1.807, 2.05) is 18.3 Å². The fourth-order valence-corrected chi connectivity index (χ4v) is 5.49. The second-order valence-electron chi connectivity index (χ2n) is 9.62. The zero-order chi connectivity index (χ0) is 22.2. The third-order valence-electron chi connectivity index (χ3n) is 7.42. The number of nitrogens with one attached hydrogen (secondary N) is 1. The first-order chi connectivity index (χ1) is 15.5. The van der Waals surface area contributed by atoms with Gasteiger partial charge in [0.05, 0.1) is 12.7 Å². The topological polar surface area (TPSA) is 65.6 Å². The van der Waals surface area contributed by atoms with Gasteiger partial charge in [-0.1, -0.05) is 25.0 Å². The van der Waals surface area contributed by atoms with E-state index < -0.39 is 5.97 Å². The van der Waals surface area contributed by atoms with Gasteiger partial charge in [-0.15, -0.1) is 0 Å². The minimum Gasteiger partial charge on any atom is -0.496 e. The number of H-pyrrole nitrogens is 1. The molecule has 1 aromatic heterocycles. The molecule has 2 aromatic carbocycles. The van der Waals surface area contributed by atoms with E-state index in [9.17, 15) is 9.90 Å². The summed E-state index contributed by atoms with van der Waals surface area (Å²) in [6.45, 7) is 3.98. The van der Waals surface area contributed by atoms with Crippen molar-refractivity contribution in [3.63, 3.8) is 0 Å². The summed E-state index contributed by atoms with van der Waals surface area (Å²) >= 11 is 0. The average Bonchev–Trinajstić information content (AvgIpc) is 3.47. The van der Waals surface area contributed by atoms with Gasteiger partial charge in [0, 0.05) is 35.2 Å². The van der Waals surface area contributed by atoms with Gasteiger partial charge in [-0.3, -0.25) is 4.90 Å². The van der Waals surface area contributed by atoms with Crippen LogP contribution in [0.25, 0.3) is 10.9 Å². The van der Waals surface area contributed by atoms with Gasteiger partial charge in [-0.2, -0.15) is 0 Å². The molecule has 168 valence electrons. The maximum absolute atomic E-state index is 11.3.